The van der Waals surface area contributed by atoms with Crippen LogP contribution >= 0.6 is 23.2 Å². The molecule has 0 saturated heterocycles. The smallest absolute Gasteiger partial charge is 0.147 e. The molecule has 2 heterocycles. The second-order valence-electron chi connectivity index (χ2n) is 3.88. The zero-order chi connectivity index (χ0) is 13.7. The first kappa shape index (κ1) is 14.0. The highest BCUT2D eigenvalue weighted by Crippen LogP contribution is 2.28. The van der Waals surface area contributed by atoms with Crippen molar-refractivity contribution in [3.05, 3.63) is 34.6 Å². The summed E-state index contributed by atoms with van der Waals surface area (Å²) in [5.74, 6) is 1.25. The number of hydrogen-bond donors (Lipinski definition) is 2. The molecule has 0 amide bonds. The Kier molecular flexibility index (Phi) is 4.87. The van der Waals surface area contributed by atoms with Crippen LogP contribution in [0.1, 0.15) is 6.92 Å². The standard InChI is InChI=1S/C12H15Cl2N5/c1-2-15-11-9(13)8-10(14)12(18-11)16-5-7-19-6-3-4-17-19/h3-4,6,8H,2,5,7H2,1H3,(H2,15,16,18). The zero-order valence-electron chi connectivity index (χ0n) is 10.5. The Balaban J connectivity index is 2.00. The van der Waals surface area contributed by atoms with Crippen molar-refractivity contribution in [1.29, 1.82) is 0 Å². The lowest BCUT2D eigenvalue weighted by Crippen LogP contribution is -2.12. The van der Waals surface area contributed by atoms with Gasteiger partial charge in [-0.3, -0.25) is 4.68 Å². The average molecular weight is 300 g/mol. The number of rotatable bonds is 6. The number of aromatic nitrogens is 3. The summed E-state index contributed by atoms with van der Waals surface area (Å²) in [4.78, 5) is 4.36. The molecule has 5 nitrogen and oxygen atoms in total. The topological polar surface area (TPSA) is 54.8 Å². The van der Waals surface area contributed by atoms with Crippen LogP contribution in [-0.4, -0.2) is 27.9 Å². The van der Waals surface area contributed by atoms with Crippen LogP contribution in [0, 0.1) is 0 Å². The van der Waals surface area contributed by atoms with Crippen LogP contribution in [0.25, 0.3) is 0 Å². The predicted molar refractivity (Wildman–Crippen MR) is 79.1 cm³/mol. The van der Waals surface area contributed by atoms with Gasteiger partial charge < -0.3 is 10.6 Å². The molecule has 0 aliphatic carbocycles. The summed E-state index contributed by atoms with van der Waals surface area (Å²) >= 11 is 12.1. The summed E-state index contributed by atoms with van der Waals surface area (Å²) in [6.45, 7) is 4.16. The molecule has 0 atom stereocenters. The Morgan fingerprint density at radius 2 is 1.95 bits per heavy atom. The fourth-order valence-electron chi connectivity index (χ4n) is 1.60. The molecule has 2 aromatic rings. The van der Waals surface area contributed by atoms with Crippen molar-refractivity contribution in [3.8, 4) is 0 Å². The summed E-state index contributed by atoms with van der Waals surface area (Å²) in [5.41, 5.74) is 0. The molecule has 0 saturated carbocycles. The highest BCUT2D eigenvalue weighted by atomic mass is 35.5. The molecular formula is C12H15Cl2N5. The Morgan fingerprint density at radius 1 is 1.21 bits per heavy atom. The number of halogens is 2. The second kappa shape index (κ2) is 6.63. The zero-order valence-corrected chi connectivity index (χ0v) is 12.0. The van der Waals surface area contributed by atoms with E-state index in [-0.39, 0.29) is 0 Å². The molecule has 0 aliphatic rings. The van der Waals surface area contributed by atoms with E-state index < -0.39 is 0 Å². The van der Waals surface area contributed by atoms with Crippen LogP contribution in [0.5, 0.6) is 0 Å². The van der Waals surface area contributed by atoms with Crippen LogP contribution in [0.4, 0.5) is 11.6 Å². The highest BCUT2D eigenvalue weighted by Gasteiger charge is 2.08. The van der Waals surface area contributed by atoms with Gasteiger partial charge in [0.15, 0.2) is 0 Å². The minimum atomic E-state index is 0.507. The van der Waals surface area contributed by atoms with Gasteiger partial charge in [0.05, 0.1) is 16.6 Å². The fraction of sp³-hybridized carbons (Fsp3) is 0.333. The van der Waals surface area contributed by atoms with Gasteiger partial charge in [0.1, 0.15) is 11.6 Å². The first-order chi connectivity index (χ1) is 9.20. The molecule has 7 heteroatoms. The minimum absolute atomic E-state index is 0.507. The van der Waals surface area contributed by atoms with Gasteiger partial charge in [0.25, 0.3) is 0 Å². The summed E-state index contributed by atoms with van der Waals surface area (Å²) in [5, 5.41) is 11.4. The van der Waals surface area contributed by atoms with E-state index in [1.54, 1.807) is 12.3 Å². The SMILES string of the molecule is CCNc1nc(NCCn2cccn2)c(Cl)cc1Cl. The molecular weight excluding hydrogens is 285 g/mol. The van der Waals surface area contributed by atoms with Crippen molar-refractivity contribution in [2.45, 2.75) is 13.5 Å². The molecule has 0 unspecified atom stereocenters. The number of anilines is 2. The molecule has 0 bridgehead atoms. The third-order valence-electron chi connectivity index (χ3n) is 2.47. The predicted octanol–water partition coefficient (Wildman–Crippen LogP) is 3.13. The lowest BCUT2D eigenvalue weighted by Gasteiger charge is -2.11. The molecule has 0 spiro atoms. The molecule has 2 rings (SSSR count). The van der Waals surface area contributed by atoms with Crippen LogP contribution in [0.2, 0.25) is 10.0 Å². The molecule has 0 aliphatic heterocycles. The first-order valence-corrected chi connectivity index (χ1v) is 6.77. The van der Waals surface area contributed by atoms with Crippen molar-refractivity contribution in [2.24, 2.45) is 0 Å². The minimum Gasteiger partial charge on any atom is -0.369 e. The largest absolute Gasteiger partial charge is 0.369 e. The van der Waals surface area contributed by atoms with Gasteiger partial charge in [-0.1, -0.05) is 23.2 Å². The van der Waals surface area contributed by atoms with Gasteiger partial charge in [0, 0.05) is 25.5 Å². The molecule has 2 aromatic heterocycles. The first-order valence-electron chi connectivity index (χ1n) is 6.02. The van der Waals surface area contributed by atoms with Crippen molar-refractivity contribution in [2.75, 3.05) is 23.7 Å². The van der Waals surface area contributed by atoms with E-state index in [1.807, 2.05) is 23.9 Å². The quantitative estimate of drug-likeness (QED) is 0.860. The average Bonchev–Trinajstić information content (AvgIpc) is 2.88. The van der Waals surface area contributed by atoms with Crippen LogP contribution in [0.3, 0.4) is 0 Å². The summed E-state index contributed by atoms with van der Waals surface area (Å²) in [6, 6.07) is 3.57. The van der Waals surface area contributed by atoms with Crippen LogP contribution < -0.4 is 10.6 Å². The third kappa shape index (κ3) is 3.75. The van der Waals surface area contributed by atoms with Gasteiger partial charge in [0.2, 0.25) is 0 Å². The Labute approximate surface area is 121 Å². The van der Waals surface area contributed by atoms with Crippen LogP contribution in [-0.2, 0) is 6.54 Å². The van der Waals surface area contributed by atoms with E-state index in [2.05, 4.69) is 20.7 Å². The normalized spacial score (nSPS) is 10.5. The maximum atomic E-state index is 6.10. The maximum absolute atomic E-state index is 6.10. The van der Waals surface area contributed by atoms with Crippen molar-refractivity contribution in [3.63, 3.8) is 0 Å². The van der Waals surface area contributed by atoms with Gasteiger partial charge >= 0.3 is 0 Å². The monoisotopic (exact) mass is 299 g/mol. The summed E-state index contributed by atoms with van der Waals surface area (Å²) in [6.07, 6.45) is 3.65. The Hall–Kier alpha value is -1.46. The molecule has 2 N–H and O–H groups in total. The Bertz CT molecular complexity index is 527. The van der Waals surface area contributed by atoms with Crippen molar-refractivity contribution < 1.29 is 0 Å². The van der Waals surface area contributed by atoms with Gasteiger partial charge in [-0.2, -0.15) is 5.10 Å². The lowest BCUT2D eigenvalue weighted by molar-refractivity contribution is 0.637. The number of nitrogens with zero attached hydrogens (tertiary/aromatic N) is 3. The van der Waals surface area contributed by atoms with E-state index in [9.17, 15) is 0 Å². The highest BCUT2D eigenvalue weighted by molar-refractivity contribution is 6.37. The van der Waals surface area contributed by atoms with E-state index in [4.69, 9.17) is 23.2 Å². The molecule has 19 heavy (non-hydrogen) atoms. The second-order valence-corrected chi connectivity index (χ2v) is 4.69. The lowest BCUT2D eigenvalue weighted by atomic mass is 10.4. The number of hydrogen-bond acceptors (Lipinski definition) is 4. The summed E-state index contributed by atoms with van der Waals surface area (Å²) < 4.78 is 1.84. The van der Waals surface area contributed by atoms with E-state index in [0.29, 0.717) is 28.2 Å². The fourth-order valence-corrected chi connectivity index (χ4v) is 2.10. The maximum Gasteiger partial charge on any atom is 0.147 e. The van der Waals surface area contributed by atoms with Crippen molar-refractivity contribution >= 4 is 34.8 Å². The van der Waals surface area contributed by atoms with E-state index in [1.165, 1.54) is 0 Å². The number of pyridine rings is 1. The van der Waals surface area contributed by atoms with Gasteiger partial charge in [-0.25, -0.2) is 4.98 Å². The molecule has 102 valence electrons. The summed E-state index contributed by atoms with van der Waals surface area (Å²) in [7, 11) is 0. The van der Waals surface area contributed by atoms with Crippen molar-refractivity contribution in [1.82, 2.24) is 14.8 Å². The van der Waals surface area contributed by atoms with E-state index >= 15 is 0 Å². The molecule has 0 fully saturated rings. The van der Waals surface area contributed by atoms with Gasteiger partial charge in [-0.15, -0.1) is 0 Å². The molecule has 0 radical (unpaired) electrons. The Morgan fingerprint density at radius 3 is 2.58 bits per heavy atom. The van der Waals surface area contributed by atoms with Crippen LogP contribution in [0.15, 0.2) is 24.5 Å². The van der Waals surface area contributed by atoms with E-state index in [0.717, 1.165) is 13.1 Å². The molecule has 0 aromatic carbocycles. The van der Waals surface area contributed by atoms with Gasteiger partial charge in [-0.05, 0) is 19.1 Å². The third-order valence-corrected chi connectivity index (χ3v) is 3.04. The number of nitrogens with one attached hydrogen (secondary N) is 2.